The van der Waals surface area contributed by atoms with Gasteiger partial charge in [-0.15, -0.1) is 0 Å². The van der Waals surface area contributed by atoms with Gasteiger partial charge in [-0.25, -0.2) is 0 Å². The van der Waals surface area contributed by atoms with Crippen LogP contribution in [0.25, 0.3) is 0 Å². The first-order valence-electron chi connectivity index (χ1n) is 15.4. The van der Waals surface area contributed by atoms with Crippen molar-refractivity contribution >= 4 is 17.5 Å². The fraction of sp³-hybridized carbons (Fsp3) is 0.771. The number of carbonyl (C=O) groups excluding carboxylic acids is 3. The van der Waals surface area contributed by atoms with Crippen LogP contribution in [0.5, 0.6) is 0 Å². The number of hydrogen-bond acceptors (Lipinski definition) is 5. The molecule has 0 aromatic heterocycles. The van der Waals surface area contributed by atoms with Gasteiger partial charge in [-0.05, 0) is 94.0 Å². The van der Waals surface area contributed by atoms with E-state index in [0.717, 1.165) is 50.5 Å². The van der Waals surface area contributed by atoms with Crippen molar-refractivity contribution in [1.29, 1.82) is 5.26 Å². The zero-order chi connectivity index (χ0) is 30.7. The van der Waals surface area contributed by atoms with Crippen LogP contribution in [0.15, 0.2) is 23.3 Å². The second-order valence-corrected chi connectivity index (χ2v) is 14.8. The van der Waals surface area contributed by atoms with E-state index in [-0.39, 0.29) is 51.2 Å². The van der Waals surface area contributed by atoms with Crippen LogP contribution < -0.4 is 0 Å². The Balaban J connectivity index is 2.51. The number of carbonyl (C=O) groups is 3. The Kier molecular flexibility index (Phi) is 10.5. The third-order valence-corrected chi connectivity index (χ3v) is 10.9. The Morgan fingerprint density at radius 3 is 2.20 bits per heavy atom. The summed E-state index contributed by atoms with van der Waals surface area (Å²) in [7, 11) is 0. The summed E-state index contributed by atoms with van der Waals surface area (Å²) >= 11 is 0. The minimum atomic E-state index is -0.597. The van der Waals surface area contributed by atoms with Gasteiger partial charge >= 0.3 is 5.97 Å². The first-order chi connectivity index (χ1) is 18.3. The molecule has 5 nitrogen and oxygen atoms in total. The van der Waals surface area contributed by atoms with E-state index in [4.69, 9.17) is 4.74 Å². The highest BCUT2D eigenvalue weighted by Crippen LogP contribution is 2.65. The lowest BCUT2D eigenvalue weighted by Gasteiger charge is -2.59. The monoisotopic (exact) mass is 553 g/mol. The van der Waals surface area contributed by atoms with Crippen molar-refractivity contribution < 1.29 is 19.1 Å². The average molecular weight is 554 g/mol. The maximum Gasteiger partial charge on any atom is 0.311 e. The zero-order valence-corrected chi connectivity index (χ0v) is 27.3. The van der Waals surface area contributed by atoms with Crippen molar-refractivity contribution in [3.63, 3.8) is 0 Å². The molecule has 0 heterocycles. The minimum Gasteiger partial charge on any atom is -0.466 e. The second kappa shape index (κ2) is 12.3. The lowest BCUT2D eigenvalue weighted by atomic mass is 9.44. The Morgan fingerprint density at radius 2 is 1.68 bits per heavy atom. The summed E-state index contributed by atoms with van der Waals surface area (Å²) in [6.07, 6.45) is 10.7. The molecule has 0 spiro atoms. The molecular formula is C35H55NO4. The largest absolute Gasteiger partial charge is 0.466 e. The van der Waals surface area contributed by atoms with E-state index in [9.17, 15) is 19.6 Å². The van der Waals surface area contributed by atoms with E-state index in [1.165, 1.54) is 0 Å². The van der Waals surface area contributed by atoms with E-state index < -0.39 is 10.8 Å². The van der Waals surface area contributed by atoms with Crippen molar-refractivity contribution in [2.75, 3.05) is 6.61 Å². The maximum absolute atomic E-state index is 13.3. The molecule has 0 aromatic carbocycles. The SMILES string of the molecule is CCCC(C)(C)CC[C@@](C)(CCC(C)(C)[C@]1(C)CC[C@H]2[C@H](C)C(=O)C(C#N)=C[C@]2(C)/C1=C/C(C)=O)C(=O)OCC. The number of allylic oxidation sites excluding steroid dienone is 4. The van der Waals surface area contributed by atoms with Crippen LogP contribution in [0.3, 0.4) is 0 Å². The molecule has 0 unspecified atom stereocenters. The van der Waals surface area contributed by atoms with Crippen LogP contribution in [0, 0.1) is 50.2 Å². The van der Waals surface area contributed by atoms with Crippen molar-refractivity contribution in [2.24, 2.45) is 38.9 Å². The lowest BCUT2D eigenvalue weighted by Crippen LogP contribution is -2.52. The summed E-state index contributed by atoms with van der Waals surface area (Å²) in [6.45, 7) is 23.4. The number of fused-ring (bicyclic) bond motifs is 1. The van der Waals surface area contributed by atoms with Gasteiger partial charge in [0.1, 0.15) is 6.07 Å². The minimum absolute atomic E-state index is 0.0233. The number of hydrogen-bond donors (Lipinski definition) is 0. The van der Waals surface area contributed by atoms with Gasteiger partial charge in [0.15, 0.2) is 11.6 Å². The molecule has 5 atom stereocenters. The van der Waals surface area contributed by atoms with Gasteiger partial charge in [-0.1, -0.05) is 73.5 Å². The molecule has 0 N–H and O–H groups in total. The first kappa shape index (κ1) is 34.0. The van der Waals surface area contributed by atoms with Gasteiger partial charge in [0.25, 0.3) is 0 Å². The lowest BCUT2D eigenvalue weighted by molar-refractivity contribution is -0.156. The smallest absolute Gasteiger partial charge is 0.311 e. The summed E-state index contributed by atoms with van der Waals surface area (Å²) in [5, 5.41) is 9.78. The summed E-state index contributed by atoms with van der Waals surface area (Å²) in [5.41, 5.74) is -0.412. The van der Waals surface area contributed by atoms with E-state index >= 15 is 0 Å². The zero-order valence-electron chi connectivity index (χ0n) is 27.3. The quantitative estimate of drug-likeness (QED) is 0.178. The molecular weight excluding hydrogens is 498 g/mol. The third kappa shape index (κ3) is 6.63. The fourth-order valence-corrected chi connectivity index (χ4v) is 7.65. The molecule has 1 saturated carbocycles. The molecule has 40 heavy (non-hydrogen) atoms. The predicted molar refractivity (Wildman–Crippen MR) is 161 cm³/mol. The van der Waals surface area contributed by atoms with Crippen molar-refractivity contribution in [1.82, 2.24) is 0 Å². The normalized spacial score (nSPS) is 29.7. The molecule has 224 valence electrons. The molecule has 0 amide bonds. The Hall–Kier alpha value is -2.22. The standard InChI is InChI=1S/C35H55NO4/c1-12-15-31(5,6)17-19-33(9,30(39)40-13-2)20-18-32(7,8)35(11)16-14-27-25(4)29(38)26(23-36)22-34(27,10)28(35)21-24(3)37/h21-22,25,27H,12-20H2,1-11H3/b28-21-/t25-,27-,33-,34-,35+/m0/s1. The molecule has 0 bridgehead atoms. The Morgan fingerprint density at radius 1 is 1.07 bits per heavy atom. The molecule has 0 radical (unpaired) electrons. The highest BCUT2D eigenvalue weighted by molar-refractivity contribution is 6.02. The van der Waals surface area contributed by atoms with Gasteiger partial charge in [0.2, 0.25) is 0 Å². The highest BCUT2D eigenvalue weighted by atomic mass is 16.5. The van der Waals surface area contributed by atoms with E-state index in [2.05, 4.69) is 61.5 Å². The van der Waals surface area contributed by atoms with Gasteiger partial charge in [0, 0.05) is 11.3 Å². The number of Topliss-reactive ketones (excluding diaryl/α,β-unsaturated/α-hetero) is 1. The molecule has 0 saturated heterocycles. The first-order valence-corrected chi connectivity index (χ1v) is 15.4. The fourth-order valence-electron chi connectivity index (χ4n) is 7.65. The molecule has 0 aliphatic heterocycles. The van der Waals surface area contributed by atoms with Crippen LogP contribution in [0.1, 0.15) is 128 Å². The van der Waals surface area contributed by atoms with Crippen LogP contribution in [0.4, 0.5) is 0 Å². The number of nitriles is 1. The van der Waals surface area contributed by atoms with Crippen molar-refractivity contribution in [3.8, 4) is 6.07 Å². The number of rotatable bonds is 12. The van der Waals surface area contributed by atoms with Crippen LogP contribution in [-0.2, 0) is 19.1 Å². The number of nitrogens with zero attached hydrogens (tertiary/aromatic N) is 1. The summed E-state index contributed by atoms with van der Waals surface area (Å²) in [4.78, 5) is 38.9. The van der Waals surface area contributed by atoms with Gasteiger partial charge in [-0.3, -0.25) is 14.4 Å². The van der Waals surface area contributed by atoms with Crippen molar-refractivity contribution in [2.45, 2.75) is 128 Å². The molecule has 2 aliphatic rings. The molecule has 5 heteroatoms. The van der Waals surface area contributed by atoms with E-state index in [0.29, 0.717) is 13.0 Å². The summed E-state index contributed by atoms with van der Waals surface area (Å²) in [5.74, 6) is -0.473. The maximum atomic E-state index is 13.3. The number of ketones is 2. The van der Waals surface area contributed by atoms with Crippen molar-refractivity contribution in [3.05, 3.63) is 23.3 Å². The molecule has 0 aromatic rings. The Labute approximate surface area is 244 Å². The highest BCUT2D eigenvalue weighted by Gasteiger charge is 2.58. The topological polar surface area (TPSA) is 84.2 Å². The summed E-state index contributed by atoms with van der Waals surface area (Å²) < 4.78 is 5.61. The van der Waals surface area contributed by atoms with Crippen LogP contribution >= 0.6 is 0 Å². The second-order valence-electron chi connectivity index (χ2n) is 14.8. The number of esters is 1. The van der Waals surface area contributed by atoms with Gasteiger partial charge in [0.05, 0.1) is 17.6 Å². The molecule has 1 fully saturated rings. The van der Waals surface area contributed by atoms with Crippen LogP contribution in [-0.4, -0.2) is 24.1 Å². The van der Waals surface area contributed by atoms with Gasteiger partial charge < -0.3 is 4.74 Å². The van der Waals surface area contributed by atoms with Crippen LogP contribution in [0.2, 0.25) is 0 Å². The molecule has 2 rings (SSSR count). The molecule has 2 aliphatic carbocycles. The Bertz CT molecular complexity index is 1090. The van der Waals surface area contributed by atoms with Gasteiger partial charge in [-0.2, -0.15) is 5.26 Å². The average Bonchev–Trinajstić information content (AvgIpc) is 2.86. The third-order valence-electron chi connectivity index (χ3n) is 10.9. The summed E-state index contributed by atoms with van der Waals surface area (Å²) in [6, 6.07) is 2.13. The van der Waals surface area contributed by atoms with E-state index in [1.54, 1.807) is 13.0 Å². The van der Waals surface area contributed by atoms with E-state index in [1.807, 2.05) is 19.9 Å². The predicted octanol–water partition coefficient (Wildman–Crippen LogP) is 8.58. The number of ether oxygens (including phenoxy) is 1.